The minimum Gasteiger partial charge on any atom is -0.445 e. The lowest BCUT2D eigenvalue weighted by atomic mass is 9.95. The zero-order chi connectivity index (χ0) is 20.3. The molecule has 2 aliphatic rings. The average molecular weight is 402 g/mol. The second-order valence-corrected chi connectivity index (χ2v) is 8.12. The summed E-state index contributed by atoms with van der Waals surface area (Å²) < 4.78 is 5.99. The normalized spacial score (nSPS) is 18.9. The van der Waals surface area contributed by atoms with Crippen LogP contribution in [0.5, 0.6) is 0 Å². The van der Waals surface area contributed by atoms with Crippen LogP contribution in [0.1, 0.15) is 35.7 Å². The number of fused-ring (bicyclic) bond motifs is 1. The molecule has 2 aromatic heterocycles. The van der Waals surface area contributed by atoms with E-state index >= 15 is 0 Å². The van der Waals surface area contributed by atoms with Gasteiger partial charge in [-0.15, -0.1) is 0 Å². The first kappa shape index (κ1) is 18.9. The molecule has 0 bridgehead atoms. The number of benzene rings is 1. The largest absolute Gasteiger partial charge is 0.445 e. The molecule has 0 saturated carbocycles. The van der Waals surface area contributed by atoms with Gasteiger partial charge in [-0.25, -0.2) is 9.97 Å². The maximum Gasteiger partial charge on any atom is 0.227 e. The Morgan fingerprint density at radius 2 is 1.97 bits per heavy atom. The average Bonchev–Trinajstić information content (AvgIpc) is 3.21. The van der Waals surface area contributed by atoms with Crippen LogP contribution in [0.2, 0.25) is 0 Å². The van der Waals surface area contributed by atoms with Crippen molar-refractivity contribution in [2.24, 2.45) is 5.92 Å². The van der Waals surface area contributed by atoms with E-state index in [1.165, 1.54) is 5.56 Å². The van der Waals surface area contributed by atoms with E-state index in [1.807, 2.05) is 47.5 Å². The minimum atomic E-state index is 0.0120. The van der Waals surface area contributed by atoms with Crippen molar-refractivity contribution in [3.63, 3.8) is 0 Å². The van der Waals surface area contributed by atoms with Crippen molar-refractivity contribution in [1.82, 2.24) is 14.9 Å². The first-order chi connectivity index (χ1) is 14.8. The highest BCUT2D eigenvalue weighted by molar-refractivity contribution is 5.80. The number of pyridine rings is 1. The number of amides is 1. The summed E-state index contributed by atoms with van der Waals surface area (Å²) in [5.74, 6) is 2.87. The van der Waals surface area contributed by atoms with Gasteiger partial charge in [-0.3, -0.25) is 4.79 Å². The van der Waals surface area contributed by atoms with Crippen LogP contribution in [-0.4, -0.2) is 40.4 Å². The smallest absolute Gasteiger partial charge is 0.227 e. The van der Waals surface area contributed by atoms with E-state index in [1.54, 1.807) is 0 Å². The van der Waals surface area contributed by atoms with Crippen LogP contribution in [0, 0.1) is 5.92 Å². The van der Waals surface area contributed by atoms with Crippen molar-refractivity contribution in [3.05, 3.63) is 77.6 Å². The van der Waals surface area contributed by atoms with Crippen molar-refractivity contribution in [2.75, 3.05) is 24.5 Å². The molecular weight excluding hydrogens is 376 g/mol. The van der Waals surface area contributed by atoms with Gasteiger partial charge in [0.05, 0.1) is 12.5 Å². The van der Waals surface area contributed by atoms with E-state index in [0.717, 1.165) is 55.5 Å². The molecule has 30 heavy (non-hydrogen) atoms. The molecule has 0 aliphatic carbocycles. The number of nitrogens with zero attached hydrogens (tertiary/aromatic N) is 4. The third-order valence-electron chi connectivity index (χ3n) is 6.03. The Morgan fingerprint density at radius 3 is 2.80 bits per heavy atom. The lowest BCUT2D eigenvalue weighted by Crippen LogP contribution is -2.46. The van der Waals surface area contributed by atoms with Gasteiger partial charge in [-0.1, -0.05) is 36.4 Å². The predicted molar refractivity (Wildman–Crippen MR) is 114 cm³/mol. The molecule has 0 radical (unpaired) electrons. The van der Waals surface area contributed by atoms with E-state index in [9.17, 15) is 4.79 Å². The highest BCUT2D eigenvalue weighted by atomic mass is 16.4. The van der Waals surface area contributed by atoms with Crippen LogP contribution in [0.15, 0.2) is 59.1 Å². The number of aromatic nitrogens is 2. The zero-order valence-electron chi connectivity index (χ0n) is 17.0. The van der Waals surface area contributed by atoms with Gasteiger partial charge in [-0.2, -0.15) is 0 Å². The van der Waals surface area contributed by atoms with Crippen molar-refractivity contribution in [2.45, 2.75) is 32.2 Å². The number of carbonyl (C=O) groups is 1. The monoisotopic (exact) mass is 402 g/mol. The van der Waals surface area contributed by atoms with Crippen molar-refractivity contribution in [1.29, 1.82) is 0 Å². The summed E-state index contributed by atoms with van der Waals surface area (Å²) in [6.07, 6.45) is 5.17. The molecule has 1 aromatic carbocycles. The fourth-order valence-electron chi connectivity index (χ4n) is 4.47. The topological polar surface area (TPSA) is 62.5 Å². The molecule has 154 valence electrons. The van der Waals surface area contributed by atoms with Crippen molar-refractivity contribution < 1.29 is 9.21 Å². The summed E-state index contributed by atoms with van der Waals surface area (Å²) >= 11 is 0. The molecule has 4 heterocycles. The molecular formula is C24H26N4O2. The summed E-state index contributed by atoms with van der Waals surface area (Å²) in [6.45, 7) is 2.94. The van der Waals surface area contributed by atoms with E-state index in [0.29, 0.717) is 19.5 Å². The molecule has 0 spiro atoms. The number of hydrogen-bond acceptors (Lipinski definition) is 5. The molecule has 1 saturated heterocycles. The SMILES string of the molecule is O=C(C1CCCN(c2ccccn2)C1)N1CCc2oc(Cc3ccccc3)nc2C1. The Morgan fingerprint density at radius 1 is 1.10 bits per heavy atom. The molecule has 1 amide bonds. The third-order valence-corrected chi connectivity index (χ3v) is 6.03. The third kappa shape index (κ3) is 3.95. The van der Waals surface area contributed by atoms with Gasteiger partial charge < -0.3 is 14.2 Å². The maximum atomic E-state index is 13.3. The molecule has 0 N–H and O–H groups in total. The fourth-order valence-corrected chi connectivity index (χ4v) is 4.47. The van der Waals surface area contributed by atoms with Crippen LogP contribution in [0.25, 0.3) is 0 Å². The summed E-state index contributed by atoms with van der Waals surface area (Å²) in [5, 5.41) is 0. The van der Waals surface area contributed by atoms with Gasteiger partial charge in [0, 0.05) is 38.7 Å². The van der Waals surface area contributed by atoms with E-state index in [4.69, 9.17) is 9.40 Å². The van der Waals surface area contributed by atoms with Crippen LogP contribution < -0.4 is 4.90 Å². The minimum absolute atomic E-state index is 0.0120. The van der Waals surface area contributed by atoms with Crippen molar-refractivity contribution >= 4 is 11.7 Å². The van der Waals surface area contributed by atoms with Crippen molar-refractivity contribution in [3.8, 4) is 0 Å². The Labute approximate surface area is 176 Å². The Balaban J connectivity index is 1.25. The van der Waals surface area contributed by atoms with Gasteiger partial charge in [0.25, 0.3) is 0 Å². The lowest BCUT2D eigenvalue weighted by Gasteiger charge is -2.36. The standard InChI is InChI=1S/C24H26N4O2/c29-24(19-9-6-13-27(16-19)22-10-4-5-12-25-22)28-14-11-21-20(17-28)26-23(30-21)15-18-7-2-1-3-8-18/h1-5,7-8,10,12,19H,6,9,11,13-17H2. The molecule has 6 nitrogen and oxygen atoms in total. The number of carbonyl (C=O) groups excluding carboxylic acids is 1. The van der Waals surface area contributed by atoms with Gasteiger partial charge in [0.15, 0.2) is 5.89 Å². The summed E-state index contributed by atoms with van der Waals surface area (Å²) in [4.78, 5) is 26.6. The second kappa shape index (κ2) is 8.30. The lowest BCUT2D eigenvalue weighted by molar-refractivity contribution is -0.136. The van der Waals surface area contributed by atoms with E-state index < -0.39 is 0 Å². The highest BCUT2D eigenvalue weighted by Gasteiger charge is 2.33. The number of hydrogen-bond donors (Lipinski definition) is 0. The van der Waals surface area contributed by atoms with Gasteiger partial charge in [0.2, 0.25) is 5.91 Å². The van der Waals surface area contributed by atoms with E-state index in [2.05, 4.69) is 22.0 Å². The molecule has 3 aromatic rings. The maximum absolute atomic E-state index is 13.3. The fraction of sp³-hybridized carbons (Fsp3) is 0.375. The highest BCUT2D eigenvalue weighted by Crippen LogP contribution is 2.26. The zero-order valence-corrected chi connectivity index (χ0v) is 17.0. The first-order valence-corrected chi connectivity index (χ1v) is 10.7. The Bertz CT molecular complexity index is 1000. The van der Waals surface area contributed by atoms with Crippen LogP contribution in [0.4, 0.5) is 5.82 Å². The molecule has 1 unspecified atom stereocenters. The summed E-state index contributed by atoms with van der Waals surface area (Å²) in [7, 11) is 0. The van der Waals surface area contributed by atoms with Gasteiger partial charge in [0.1, 0.15) is 17.3 Å². The summed E-state index contributed by atoms with van der Waals surface area (Å²) in [6, 6.07) is 16.2. The molecule has 2 aliphatic heterocycles. The van der Waals surface area contributed by atoms with Crippen LogP contribution in [0.3, 0.4) is 0 Å². The quantitative estimate of drug-likeness (QED) is 0.669. The number of anilines is 1. The number of oxazole rings is 1. The number of rotatable bonds is 4. The van der Waals surface area contributed by atoms with Crippen LogP contribution >= 0.6 is 0 Å². The predicted octanol–water partition coefficient (Wildman–Crippen LogP) is 3.46. The molecule has 1 fully saturated rings. The Hall–Kier alpha value is -3.15. The van der Waals surface area contributed by atoms with Crippen LogP contribution in [-0.2, 0) is 24.2 Å². The molecule has 5 rings (SSSR count). The van der Waals surface area contributed by atoms with E-state index in [-0.39, 0.29) is 11.8 Å². The van der Waals surface area contributed by atoms with Gasteiger partial charge in [-0.05, 0) is 30.5 Å². The number of piperidine rings is 1. The second-order valence-electron chi connectivity index (χ2n) is 8.12. The first-order valence-electron chi connectivity index (χ1n) is 10.7. The molecule has 6 heteroatoms. The van der Waals surface area contributed by atoms with Gasteiger partial charge >= 0.3 is 0 Å². The molecule has 1 atom stereocenters. The Kier molecular flexibility index (Phi) is 5.22. The summed E-state index contributed by atoms with van der Waals surface area (Å²) in [5.41, 5.74) is 2.10.